The van der Waals surface area contributed by atoms with Gasteiger partial charge in [-0.1, -0.05) is 24.3 Å². The van der Waals surface area contributed by atoms with Crippen LogP contribution in [0.4, 0.5) is 13.2 Å². The zero-order valence-corrected chi connectivity index (χ0v) is 14.3. The van der Waals surface area contributed by atoms with Crippen LogP contribution in [0.1, 0.15) is 29.3 Å². The van der Waals surface area contributed by atoms with Crippen LogP contribution in [0.2, 0.25) is 0 Å². The van der Waals surface area contributed by atoms with E-state index in [0.717, 1.165) is 11.6 Å². The third-order valence-electron chi connectivity index (χ3n) is 3.56. The summed E-state index contributed by atoms with van der Waals surface area (Å²) in [5.41, 5.74) is 1.17. The Morgan fingerprint density at radius 3 is 2.31 bits per heavy atom. The molecular weight excluding hydrogens is 345 g/mol. The molecule has 0 saturated heterocycles. The topological polar surface area (TPSA) is 35.5 Å². The molecule has 0 aliphatic heterocycles. The SMILES string of the molecule is CCOc1ccc(OC(=O)c2ccc(CC/C=C/CF)cc2)c(F)c1F. The van der Waals surface area contributed by atoms with Crippen molar-refractivity contribution in [3.8, 4) is 11.5 Å². The smallest absolute Gasteiger partial charge is 0.343 e. The van der Waals surface area contributed by atoms with Crippen LogP contribution in [-0.2, 0) is 6.42 Å². The van der Waals surface area contributed by atoms with Crippen molar-refractivity contribution < 1.29 is 27.4 Å². The molecule has 0 aromatic heterocycles. The minimum absolute atomic E-state index is 0.186. The predicted molar refractivity (Wildman–Crippen MR) is 92.4 cm³/mol. The molecule has 138 valence electrons. The molecule has 0 amide bonds. The number of aryl methyl sites for hydroxylation is 1. The average Bonchev–Trinajstić information content (AvgIpc) is 2.65. The van der Waals surface area contributed by atoms with Crippen molar-refractivity contribution in [2.45, 2.75) is 19.8 Å². The number of hydrogen-bond acceptors (Lipinski definition) is 3. The monoisotopic (exact) mass is 364 g/mol. The molecule has 0 N–H and O–H groups in total. The highest BCUT2D eigenvalue weighted by Gasteiger charge is 2.18. The van der Waals surface area contributed by atoms with E-state index in [9.17, 15) is 18.0 Å². The van der Waals surface area contributed by atoms with E-state index < -0.39 is 30.0 Å². The molecule has 2 aromatic carbocycles. The number of benzene rings is 2. The van der Waals surface area contributed by atoms with Gasteiger partial charge in [-0.25, -0.2) is 9.18 Å². The number of alkyl halides is 1. The lowest BCUT2D eigenvalue weighted by Crippen LogP contribution is -2.10. The van der Waals surface area contributed by atoms with Crippen LogP contribution in [0.3, 0.4) is 0 Å². The first-order chi connectivity index (χ1) is 12.6. The summed E-state index contributed by atoms with van der Waals surface area (Å²) < 4.78 is 49.6. The molecule has 0 unspecified atom stereocenters. The Morgan fingerprint density at radius 2 is 1.65 bits per heavy atom. The number of carbonyl (C=O) groups is 1. The summed E-state index contributed by atoms with van der Waals surface area (Å²) in [4.78, 5) is 12.1. The van der Waals surface area contributed by atoms with Crippen LogP contribution < -0.4 is 9.47 Å². The number of ether oxygens (including phenoxy) is 2. The average molecular weight is 364 g/mol. The molecule has 2 rings (SSSR count). The molecule has 0 bridgehead atoms. The Balaban J connectivity index is 2.03. The van der Waals surface area contributed by atoms with Gasteiger partial charge >= 0.3 is 5.97 Å². The van der Waals surface area contributed by atoms with Crippen LogP contribution in [0.5, 0.6) is 11.5 Å². The van der Waals surface area contributed by atoms with Crippen LogP contribution in [0.15, 0.2) is 48.6 Å². The fourth-order valence-corrected chi connectivity index (χ4v) is 2.26. The van der Waals surface area contributed by atoms with E-state index in [1.165, 1.54) is 12.1 Å². The van der Waals surface area contributed by atoms with Gasteiger partial charge in [0.15, 0.2) is 11.5 Å². The van der Waals surface area contributed by atoms with E-state index >= 15 is 0 Å². The van der Waals surface area contributed by atoms with Crippen molar-refractivity contribution in [2.75, 3.05) is 13.3 Å². The number of hydrogen-bond donors (Lipinski definition) is 0. The molecule has 3 nitrogen and oxygen atoms in total. The van der Waals surface area contributed by atoms with Crippen molar-refractivity contribution in [1.82, 2.24) is 0 Å². The second-order valence-electron chi connectivity index (χ2n) is 5.37. The van der Waals surface area contributed by atoms with E-state index in [1.807, 2.05) is 0 Å². The van der Waals surface area contributed by atoms with Gasteiger partial charge in [-0.15, -0.1) is 0 Å². The minimum Gasteiger partial charge on any atom is -0.491 e. The summed E-state index contributed by atoms with van der Waals surface area (Å²) in [5.74, 6) is -4.02. The highest BCUT2D eigenvalue weighted by atomic mass is 19.2. The van der Waals surface area contributed by atoms with E-state index in [4.69, 9.17) is 9.47 Å². The summed E-state index contributed by atoms with van der Waals surface area (Å²) in [6.45, 7) is 1.34. The van der Waals surface area contributed by atoms with E-state index in [0.29, 0.717) is 12.8 Å². The van der Waals surface area contributed by atoms with Crippen molar-refractivity contribution >= 4 is 5.97 Å². The van der Waals surface area contributed by atoms with Gasteiger partial charge in [0.2, 0.25) is 11.6 Å². The Bertz CT molecular complexity index is 771. The summed E-state index contributed by atoms with van der Waals surface area (Å²) in [6.07, 6.45) is 4.57. The fourth-order valence-electron chi connectivity index (χ4n) is 2.26. The third-order valence-corrected chi connectivity index (χ3v) is 3.56. The van der Waals surface area contributed by atoms with Crippen LogP contribution >= 0.6 is 0 Å². The summed E-state index contributed by atoms with van der Waals surface area (Å²) in [5, 5.41) is 0. The van der Waals surface area contributed by atoms with Gasteiger partial charge in [-0.2, -0.15) is 8.78 Å². The molecule has 6 heteroatoms. The highest BCUT2D eigenvalue weighted by molar-refractivity contribution is 5.91. The number of rotatable bonds is 8. The molecule has 0 spiro atoms. The summed E-state index contributed by atoms with van der Waals surface area (Å²) in [6, 6.07) is 8.90. The zero-order valence-electron chi connectivity index (χ0n) is 14.3. The van der Waals surface area contributed by atoms with Crippen molar-refractivity contribution in [3.05, 3.63) is 71.3 Å². The lowest BCUT2D eigenvalue weighted by molar-refractivity contribution is 0.0726. The van der Waals surface area contributed by atoms with Crippen molar-refractivity contribution in [2.24, 2.45) is 0 Å². The van der Waals surface area contributed by atoms with Gasteiger partial charge in [-0.05, 0) is 49.6 Å². The number of esters is 1. The number of allylic oxidation sites excluding steroid dienone is 2. The second-order valence-corrected chi connectivity index (χ2v) is 5.37. The molecule has 0 radical (unpaired) electrons. The van der Waals surface area contributed by atoms with Crippen LogP contribution in [0.25, 0.3) is 0 Å². The molecule has 26 heavy (non-hydrogen) atoms. The highest BCUT2D eigenvalue weighted by Crippen LogP contribution is 2.28. The zero-order chi connectivity index (χ0) is 18.9. The standard InChI is InChI=1S/C20H19F3O3/c1-2-25-16-11-12-17(19(23)18(16)22)26-20(24)15-9-7-14(8-10-15)6-4-3-5-13-21/h3,5,7-12H,2,4,6,13H2,1H3/b5-3+. The van der Waals surface area contributed by atoms with Gasteiger partial charge in [0.1, 0.15) is 6.67 Å². The molecule has 0 heterocycles. The number of halogens is 3. The predicted octanol–water partition coefficient (Wildman–Crippen LogP) is 5.04. The maximum atomic E-state index is 14.0. The van der Waals surface area contributed by atoms with Crippen molar-refractivity contribution in [3.63, 3.8) is 0 Å². The molecular formula is C20H19F3O3. The normalized spacial score (nSPS) is 10.9. The van der Waals surface area contributed by atoms with Crippen molar-refractivity contribution in [1.29, 1.82) is 0 Å². The Labute approximate surface area is 150 Å². The van der Waals surface area contributed by atoms with Gasteiger partial charge < -0.3 is 9.47 Å². The van der Waals surface area contributed by atoms with Gasteiger partial charge in [0.05, 0.1) is 12.2 Å². The molecule has 0 aliphatic rings. The first kappa shape index (κ1) is 19.6. The summed E-state index contributed by atoms with van der Waals surface area (Å²) in [7, 11) is 0. The Hall–Kier alpha value is -2.76. The lowest BCUT2D eigenvalue weighted by atomic mass is 10.1. The lowest BCUT2D eigenvalue weighted by Gasteiger charge is -2.09. The third kappa shape index (κ3) is 5.12. The maximum Gasteiger partial charge on any atom is 0.343 e. The number of carbonyl (C=O) groups excluding carboxylic acids is 1. The van der Waals surface area contributed by atoms with E-state index in [1.54, 1.807) is 37.3 Å². The molecule has 2 aromatic rings. The van der Waals surface area contributed by atoms with E-state index in [2.05, 4.69) is 0 Å². The molecule has 0 aliphatic carbocycles. The van der Waals surface area contributed by atoms with Crippen LogP contribution in [-0.4, -0.2) is 19.3 Å². The molecule has 0 atom stereocenters. The quantitative estimate of drug-likeness (QED) is 0.374. The van der Waals surface area contributed by atoms with Crippen LogP contribution in [0, 0.1) is 11.6 Å². The Kier molecular flexibility index (Phi) is 7.26. The maximum absolute atomic E-state index is 14.0. The minimum atomic E-state index is -1.28. The molecule has 0 saturated carbocycles. The van der Waals surface area contributed by atoms with Gasteiger partial charge in [0.25, 0.3) is 0 Å². The van der Waals surface area contributed by atoms with Gasteiger partial charge in [-0.3, -0.25) is 0 Å². The van der Waals surface area contributed by atoms with Gasteiger partial charge in [0, 0.05) is 0 Å². The van der Waals surface area contributed by atoms with E-state index in [-0.39, 0.29) is 17.9 Å². The first-order valence-corrected chi connectivity index (χ1v) is 8.19. The first-order valence-electron chi connectivity index (χ1n) is 8.19. The second kappa shape index (κ2) is 9.65. The largest absolute Gasteiger partial charge is 0.491 e. The Morgan fingerprint density at radius 1 is 1.00 bits per heavy atom. The summed E-state index contributed by atoms with van der Waals surface area (Å²) >= 11 is 0. The fraction of sp³-hybridized carbons (Fsp3) is 0.250. The molecule has 0 fully saturated rings.